The second-order valence-corrected chi connectivity index (χ2v) is 4.35. The first kappa shape index (κ1) is 14.5. The maximum Gasteiger partial charge on any atom is 0.254 e. The van der Waals surface area contributed by atoms with Crippen molar-refractivity contribution >= 4 is 23.1 Å². The van der Waals surface area contributed by atoms with Gasteiger partial charge in [0.1, 0.15) is 0 Å². The molecule has 1 aromatic carbocycles. The minimum Gasteiger partial charge on any atom is -0.392 e. The molecule has 3 nitrogen and oxygen atoms in total. The second-order valence-electron chi connectivity index (χ2n) is 3.82. The van der Waals surface area contributed by atoms with Crippen molar-refractivity contribution in [3.63, 3.8) is 0 Å². The number of carbonyl (C=O) groups is 1. The van der Waals surface area contributed by atoms with E-state index in [1.165, 1.54) is 11.0 Å². The lowest BCUT2D eigenvalue weighted by Gasteiger charge is -2.21. The van der Waals surface area contributed by atoms with Crippen molar-refractivity contribution in [3.8, 4) is 0 Å². The van der Waals surface area contributed by atoms with Crippen LogP contribution in [0.15, 0.2) is 18.2 Å². The van der Waals surface area contributed by atoms with Crippen LogP contribution in [-0.4, -0.2) is 28.9 Å². The number of halogens is 2. The average molecular weight is 272 g/mol. The van der Waals surface area contributed by atoms with E-state index >= 15 is 0 Å². The first-order chi connectivity index (χ1) is 8.45. The van der Waals surface area contributed by atoms with E-state index in [1.54, 1.807) is 0 Å². The zero-order valence-corrected chi connectivity index (χ0v) is 10.8. The lowest BCUT2D eigenvalue weighted by Crippen LogP contribution is -2.38. The predicted octanol–water partition coefficient (Wildman–Crippen LogP) is 2.10. The molecule has 0 unspecified atom stereocenters. The number of thiocarbonyl (C=S) groups is 1. The minimum atomic E-state index is -1.05. The molecule has 0 fully saturated rings. The van der Waals surface area contributed by atoms with Gasteiger partial charge >= 0.3 is 0 Å². The highest BCUT2D eigenvalue weighted by Crippen LogP contribution is 2.11. The molecule has 0 saturated heterocycles. The summed E-state index contributed by atoms with van der Waals surface area (Å²) in [5.74, 6) is -2.45. The smallest absolute Gasteiger partial charge is 0.254 e. The summed E-state index contributed by atoms with van der Waals surface area (Å²) >= 11 is 4.75. The van der Waals surface area contributed by atoms with Crippen molar-refractivity contribution in [1.82, 2.24) is 4.90 Å². The number of benzene rings is 1. The van der Waals surface area contributed by atoms with Crippen LogP contribution in [0.2, 0.25) is 0 Å². The molecule has 0 aliphatic carbocycles. The molecule has 0 aliphatic heterocycles. The molecule has 0 spiro atoms. The van der Waals surface area contributed by atoms with E-state index in [0.717, 1.165) is 18.6 Å². The Morgan fingerprint density at radius 3 is 2.56 bits per heavy atom. The van der Waals surface area contributed by atoms with Gasteiger partial charge in [-0.1, -0.05) is 19.1 Å². The largest absolute Gasteiger partial charge is 0.392 e. The van der Waals surface area contributed by atoms with Gasteiger partial charge in [0.25, 0.3) is 5.91 Å². The van der Waals surface area contributed by atoms with Crippen molar-refractivity contribution in [2.75, 3.05) is 13.1 Å². The molecule has 0 aromatic heterocycles. The van der Waals surface area contributed by atoms with Gasteiger partial charge in [-0.2, -0.15) is 0 Å². The molecule has 2 N–H and O–H groups in total. The Hall–Kier alpha value is -1.56. The lowest BCUT2D eigenvalue weighted by atomic mass is 10.2. The molecule has 98 valence electrons. The molecule has 0 heterocycles. The molecule has 1 aromatic rings. The first-order valence-corrected chi connectivity index (χ1v) is 5.89. The van der Waals surface area contributed by atoms with Crippen LogP contribution in [0, 0.1) is 11.6 Å². The summed E-state index contributed by atoms with van der Waals surface area (Å²) in [5, 5.41) is 0. The summed E-state index contributed by atoms with van der Waals surface area (Å²) in [6.07, 6.45) is 0.720. The van der Waals surface area contributed by atoms with Crippen LogP contribution < -0.4 is 5.73 Å². The van der Waals surface area contributed by atoms with E-state index < -0.39 is 17.5 Å². The third-order valence-electron chi connectivity index (χ3n) is 2.29. The number of amides is 1. The van der Waals surface area contributed by atoms with Gasteiger partial charge in [-0.15, -0.1) is 0 Å². The fourth-order valence-electron chi connectivity index (χ4n) is 1.52. The van der Waals surface area contributed by atoms with Crippen molar-refractivity contribution in [2.45, 2.75) is 13.3 Å². The molecule has 0 saturated carbocycles. The standard InChI is InChI=1S/C12H14F2N2OS/c1-2-5-16(7-11(15)18)12(17)8-3-4-9(13)10(14)6-8/h3-4,6H,2,5,7H2,1H3,(H2,15,18). The SMILES string of the molecule is CCCN(CC(N)=S)C(=O)c1ccc(F)c(F)c1. The highest BCUT2D eigenvalue weighted by atomic mass is 32.1. The Morgan fingerprint density at radius 2 is 2.06 bits per heavy atom. The molecular weight excluding hydrogens is 258 g/mol. The van der Waals surface area contributed by atoms with Crippen LogP contribution in [0.4, 0.5) is 8.78 Å². The zero-order chi connectivity index (χ0) is 13.7. The van der Waals surface area contributed by atoms with E-state index in [9.17, 15) is 13.6 Å². The monoisotopic (exact) mass is 272 g/mol. The second kappa shape index (κ2) is 6.39. The van der Waals surface area contributed by atoms with Gasteiger partial charge in [0.05, 0.1) is 11.5 Å². The fourth-order valence-corrected chi connectivity index (χ4v) is 1.68. The van der Waals surface area contributed by atoms with Crippen LogP contribution in [0.5, 0.6) is 0 Å². The Bertz CT molecular complexity index is 465. The molecule has 0 aliphatic rings. The maximum atomic E-state index is 13.1. The third kappa shape index (κ3) is 3.73. The Balaban J connectivity index is 2.93. The van der Waals surface area contributed by atoms with E-state index in [2.05, 4.69) is 0 Å². The fraction of sp³-hybridized carbons (Fsp3) is 0.333. The van der Waals surface area contributed by atoms with Crippen LogP contribution >= 0.6 is 12.2 Å². The highest BCUT2D eigenvalue weighted by Gasteiger charge is 2.17. The van der Waals surface area contributed by atoms with E-state index in [1.807, 2.05) is 6.92 Å². The number of hydrogen-bond donors (Lipinski definition) is 1. The van der Waals surface area contributed by atoms with Crippen molar-refractivity contribution in [1.29, 1.82) is 0 Å². The van der Waals surface area contributed by atoms with Crippen LogP contribution in [0.1, 0.15) is 23.7 Å². The summed E-state index contributed by atoms with van der Waals surface area (Å²) in [6, 6.07) is 3.04. The maximum absolute atomic E-state index is 13.1. The Kier molecular flexibility index (Phi) is 5.15. The van der Waals surface area contributed by atoms with Crippen molar-refractivity contribution < 1.29 is 13.6 Å². The number of carbonyl (C=O) groups excluding carboxylic acids is 1. The van der Waals surface area contributed by atoms with Gasteiger partial charge in [-0.3, -0.25) is 4.79 Å². The molecular formula is C12H14F2N2OS. The molecule has 1 rings (SSSR count). The number of nitrogens with two attached hydrogens (primary N) is 1. The van der Waals surface area contributed by atoms with Crippen LogP contribution in [0.3, 0.4) is 0 Å². The van der Waals surface area contributed by atoms with Gasteiger partial charge in [-0.25, -0.2) is 8.78 Å². The zero-order valence-electron chi connectivity index (χ0n) is 9.95. The minimum absolute atomic E-state index is 0.0820. The van der Waals surface area contributed by atoms with E-state index in [0.29, 0.717) is 6.54 Å². The van der Waals surface area contributed by atoms with E-state index in [4.69, 9.17) is 18.0 Å². The third-order valence-corrected chi connectivity index (χ3v) is 2.42. The summed E-state index contributed by atoms with van der Waals surface area (Å²) in [5.41, 5.74) is 5.48. The highest BCUT2D eigenvalue weighted by molar-refractivity contribution is 7.80. The van der Waals surface area contributed by atoms with Gasteiger partial charge in [0, 0.05) is 12.1 Å². The van der Waals surface area contributed by atoms with Crippen LogP contribution in [-0.2, 0) is 0 Å². The summed E-state index contributed by atoms with van der Waals surface area (Å²) in [4.78, 5) is 13.6. The quantitative estimate of drug-likeness (QED) is 0.835. The van der Waals surface area contributed by atoms with E-state index in [-0.39, 0.29) is 17.1 Å². The van der Waals surface area contributed by atoms with Gasteiger partial charge in [-0.05, 0) is 24.6 Å². The van der Waals surface area contributed by atoms with Crippen LogP contribution in [0.25, 0.3) is 0 Å². The van der Waals surface area contributed by atoms with Crippen molar-refractivity contribution in [3.05, 3.63) is 35.4 Å². The first-order valence-electron chi connectivity index (χ1n) is 5.48. The predicted molar refractivity (Wildman–Crippen MR) is 69.3 cm³/mol. The van der Waals surface area contributed by atoms with Gasteiger partial charge in [0.15, 0.2) is 11.6 Å². The van der Waals surface area contributed by atoms with Gasteiger partial charge < -0.3 is 10.6 Å². The molecule has 0 radical (unpaired) electrons. The summed E-state index contributed by atoms with van der Waals surface area (Å²) < 4.78 is 25.8. The molecule has 18 heavy (non-hydrogen) atoms. The molecule has 0 bridgehead atoms. The summed E-state index contributed by atoms with van der Waals surface area (Å²) in [7, 11) is 0. The molecule has 1 amide bonds. The molecule has 6 heteroatoms. The lowest BCUT2D eigenvalue weighted by molar-refractivity contribution is 0.0779. The average Bonchev–Trinajstić information content (AvgIpc) is 2.31. The Labute approximate surface area is 110 Å². The Morgan fingerprint density at radius 1 is 1.39 bits per heavy atom. The normalized spacial score (nSPS) is 10.2. The van der Waals surface area contributed by atoms with Gasteiger partial charge in [0.2, 0.25) is 0 Å². The number of nitrogens with zero attached hydrogens (tertiary/aromatic N) is 1. The topological polar surface area (TPSA) is 46.3 Å². The number of rotatable bonds is 5. The molecule has 0 atom stereocenters. The van der Waals surface area contributed by atoms with Crippen molar-refractivity contribution in [2.24, 2.45) is 5.73 Å². The number of hydrogen-bond acceptors (Lipinski definition) is 2. The summed E-state index contributed by atoms with van der Waals surface area (Å²) in [6.45, 7) is 2.47.